The molecule has 0 aliphatic carbocycles. The topological polar surface area (TPSA) is 59.2 Å². The van der Waals surface area contributed by atoms with Crippen LogP contribution in [0.4, 0.5) is 0 Å². The summed E-state index contributed by atoms with van der Waals surface area (Å²) in [5.41, 5.74) is 1.58. The van der Waals surface area contributed by atoms with E-state index in [1.807, 2.05) is 0 Å². The van der Waals surface area contributed by atoms with E-state index in [1.165, 1.54) is 12.5 Å². The average molecular weight is 196 g/mol. The molecule has 5 heteroatoms. The highest BCUT2D eigenvalue weighted by Gasteiger charge is 2.10. The van der Waals surface area contributed by atoms with Gasteiger partial charge in [0.15, 0.2) is 0 Å². The zero-order chi connectivity index (χ0) is 9.10. The summed E-state index contributed by atoms with van der Waals surface area (Å²) in [5, 5.41) is 9.66. The van der Waals surface area contributed by atoms with Crippen molar-refractivity contribution in [1.82, 2.24) is 8.75 Å². The van der Waals surface area contributed by atoms with Crippen LogP contribution in [0.1, 0.15) is 17.4 Å². The maximum atomic E-state index is 9.66. The Hall–Kier alpha value is -1.20. The lowest BCUT2D eigenvalue weighted by Gasteiger charge is -2.03. The first kappa shape index (κ1) is 8.40. The van der Waals surface area contributed by atoms with E-state index < -0.39 is 6.10 Å². The molecule has 0 aromatic carbocycles. The van der Waals surface area contributed by atoms with Gasteiger partial charge in [0, 0.05) is 12.0 Å². The van der Waals surface area contributed by atoms with Crippen molar-refractivity contribution in [3.63, 3.8) is 0 Å². The molecule has 2 aromatic rings. The van der Waals surface area contributed by atoms with E-state index in [0.717, 1.165) is 23.0 Å². The molecule has 2 heterocycles. The Bertz CT molecular complexity index is 344. The Morgan fingerprint density at radius 1 is 1.62 bits per heavy atom. The molecule has 0 saturated carbocycles. The minimum atomic E-state index is -0.553. The first-order valence-corrected chi connectivity index (χ1v) is 4.56. The van der Waals surface area contributed by atoms with Gasteiger partial charge in [-0.1, -0.05) is 0 Å². The van der Waals surface area contributed by atoms with Crippen LogP contribution in [0.3, 0.4) is 0 Å². The molecule has 4 nitrogen and oxygen atoms in total. The van der Waals surface area contributed by atoms with Crippen molar-refractivity contribution in [1.29, 1.82) is 0 Å². The Labute approximate surface area is 79.2 Å². The molecule has 0 radical (unpaired) electrons. The average Bonchev–Trinajstić information content (AvgIpc) is 2.74. The fourth-order valence-corrected chi connectivity index (χ4v) is 1.50. The molecular formula is C8H8N2O2S. The highest BCUT2D eigenvalue weighted by Crippen LogP contribution is 2.17. The highest BCUT2D eigenvalue weighted by atomic mass is 32.1. The van der Waals surface area contributed by atoms with Crippen LogP contribution in [0.15, 0.2) is 29.2 Å². The smallest absolute Gasteiger partial charge is 0.0960 e. The fraction of sp³-hybridized carbons (Fsp3) is 0.250. The molecule has 0 amide bonds. The van der Waals surface area contributed by atoms with Crippen molar-refractivity contribution in [3.8, 4) is 0 Å². The van der Waals surface area contributed by atoms with Gasteiger partial charge in [0.1, 0.15) is 0 Å². The number of nitrogens with zero attached hydrogens (tertiary/aromatic N) is 2. The molecule has 0 bridgehead atoms. The van der Waals surface area contributed by atoms with Gasteiger partial charge in [-0.3, -0.25) is 0 Å². The van der Waals surface area contributed by atoms with Crippen molar-refractivity contribution in [3.05, 3.63) is 36.0 Å². The molecule has 0 fully saturated rings. The van der Waals surface area contributed by atoms with Gasteiger partial charge in [-0.25, -0.2) is 0 Å². The van der Waals surface area contributed by atoms with Crippen molar-refractivity contribution in [2.75, 3.05) is 0 Å². The second-order valence-corrected chi connectivity index (χ2v) is 3.23. The van der Waals surface area contributed by atoms with Crippen LogP contribution < -0.4 is 0 Å². The van der Waals surface area contributed by atoms with E-state index in [-0.39, 0.29) is 0 Å². The predicted molar refractivity (Wildman–Crippen MR) is 47.3 cm³/mol. The highest BCUT2D eigenvalue weighted by molar-refractivity contribution is 6.99. The Morgan fingerprint density at radius 2 is 2.54 bits per heavy atom. The second kappa shape index (κ2) is 3.68. The normalized spacial score (nSPS) is 13.0. The molecule has 0 aliphatic heterocycles. The first-order chi connectivity index (χ1) is 6.36. The Morgan fingerprint density at radius 3 is 3.15 bits per heavy atom. The summed E-state index contributed by atoms with van der Waals surface area (Å²) in [6, 6.07) is 1.74. The molecule has 0 spiro atoms. The van der Waals surface area contributed by atoms with E-state index in [2.05, 4.69) is 8.75 Å². The third-order valence-electron chi connectivity index (χ3n) is 1.74. The van der Waals surface area contributed by atoms with Crippen molar-refractivity contribution in [2.45, 2.75) is 12.5 Å². The summed E-state index contributed by atoms with van der Waals surface area (Å²) in [4.78, 5) is 0. The third-order valence-corrected chi connectivity index (χ3v) is 2.25. The standard InChI is InChI=1S/C8H8N2O2S/c11-8(6-1-2-12-5-6)3-7-4-9-13-10-7/h1-2,4-5,8,11H,3H2. The maximum Gasteiger partial charge on any atom is 0.0960 e. The largest absolute Gasteiger partial charge is 0.472 e. The number of rotatable bonds is 3. The van der Waals surface area contributed by atoms with Crippen molar-refractivity contribution in [2.24, 2.45) is 0 Å². The van der Waals surface area contributed by atoms with Crippen LogP contribution in [0, 0.1) is 0 Å². The number of hydrogen-bond acceptors (Lipinski definition) is 5. The predicted octanol–water partition coefficient (Wildman–Crippen LogP) is 1.41. The van der Waals surface area contributed by atoms with Gasteiger partial charge in [0.05, 0.1) is 42.2 Å². The minimum Gasteiger partial charge on any atom is -0.472 e. The SMILES string of the molecule is OC(Cc1cnsn1)c1ccoc1. The number of hydrogen-bond donors (Lipinski definition) is 1. The van der Waals surface area contributed by atoms with Gasteiger partial charge in [-0.2, -0.15) is 8.75 Å². The zero-order valence-electron chi connectivity index (χ0n) is 6.75. The number of aliphatic hydroxyl groups excluding tert-OH is 1. The van der Waals surface area contributed by atoms with E-state index in [1.54, 1.807) is 12.3 Å². The lowest BCUT2D eigenvalue weighted by molar-refractivity contribution is 0.176. The molecule has 0 aliphatic rings. The second-order valence-electron chi connectivity index (χ2n) is 2.68. The van der Waals surface area contributed by atoms with Gasteiger partial charge in [0.2, 0.25) is 0 Å². The van der Waals surface area contributed by atoms with Crippen molar-refractivity contribution >= 4 is 11.7 Å². The summed E-state index contributed by atoms with van der Waals surface area (Å²) in [6.45, 7) is 0. The van der Waals surface area contributed by atoms with E-state index in [4.69, 9.17) is 4.42 Å². The zero-order valence-corrected chi connectivity index (χ0v) is 7.57. The van der Waals surface area contributed by atoms with Crippen LogP contribution in [0.2, 0.25) is 0 Å². The van der Waals surface area contributed by atoms with Gasteiger partial charge in [0.25, 0.3) is 0 Å². The lowest BCUT2D eigenvalue weighted by atomic mass is 10.1. The molecule has 0 saturated heterocycles. The number of aromatic nitrogens is 2. The van der Waals surface area contributed by atoms with Crippen LogP contribution in [-0.4, -0.2) is 13.9 Å². The van der Waals surface area contributed by atoms with E-state index >= 15 is 0 Å². The van der Waals surface area contributed by atoms with Gasteiger partial charge in [-0.05, 0) is 6.07 Å². The molecule has 1 N–H and O–H groups in total. The third kappa shape index (κ3) is 1.93. The molecule has 68 valence electrons. The lowest BCUT2D eigenvalue weighted by Crippen LogP contribution is -2.00. The maximum absolute atomic E-state index is 9.66. The molecular weight excluding hydrogens is 188 g/mol. The quantitative estimate of drug-likeness (QED) is 0.806. The molecule has 2 rings (SSSR count). The van der Waals surface area contributed by atoms with Gasteiger partial charge in [-0.15, -0.1) is 0 Å². The van der Waals surface area contributed by atoms with E-state index in [0.29, 0.717) is 6.42 Å². The van der Waals surface area contributed by atoms with Gasteiger partial charge < -0.3 is 9.52 Å². The first-order valence-electron chi connectivity index (χ1n) is 3.83. The Balaban J connectivity index is 2.04. The van der Waals surface area contributed by atoms with Crippen LogP contribution in [0.25, 0.3) is 0 Å². The summed E-state index contributed by atoms with van der Waals surface area (Å²) >= 11 is 1.14. The molecule has 1 atom stereocenters. The molecule has 13 heavy (non-hydrogen) atoms. The van der Waals surface area contributed by atoms with Crippen LogP contribution in [0.5, 0.6) is 0 Å². The molecule has 2 aromatic heterocycles. The van der Waals surface area contributed by atoms with Gasteiger partial charge >= 0.3 is 0 Å². The Kier molecular flexibility index (Phi) is 2.37. The summed E-state index contributed by atoms with van der Waals surface area (Å²) < 4.78 is 12.7. The molecule has 1 unspecified atom stereocenters. The summed E-state index contributed by atoms with van der Waals surface area (Å²) in [7, 11) is 0. The van der Waals surface area contributed by atoms with Crippen LogP contribution >= 0.6 is 11.7 Å². The number of aliphatic hydroxyl groups is 1. The minimum absolute atomic E-state index is 0.482. The monoisotopic (exact) mass is 196 g/mol. The van der Waals surface area contributed by atoms with Crippen LogP contribution in [-0.2, 0) is 6.42 Å². The summed E-state index contributed by atoms with van der Waals surface area (Å²) in [5.74, 6) is 0. The van der Waals surface area contributed by atoms with E-state index in [9.17, 15) is 5.11 Å². The fourth-order valence-electron chi connectivity index (χ4n) is 1.05. The number of furan rings is 1. The van der Waals surface area contributed by atoms with Crippen molar-refractivity contribution < 1.29 is 9.52 Å². The summed E-state index contributed by atoms with van der Waals surface area (Å²) in [6.07, 6.45) is 4.66.